The molecule has 2 bridgehead atoms. The van der Waals surface area contributed by atoms with Crippen LogP contribution in [0, 0.1) is 5.92 Å². The summed E-state index contributed by atoms with van der Waals surface area (Å²) >= 11 is 18.8. The second-order valence-electron chi connectivity index (χ2n) is 7.44. The fourth-order valence-corrected chi connectivity index (χ4v) is 4.90. The summed E-state index contributed by atoms with van der Waals surface area (Å²) in [6.07, 6.45) is 0.219. The second-order valence-corrected chi connectivity index (χ2v) is 9.80. The van der Waals surface area contributed by atoms with E-state index in [1.807, 2.05) is 21.6 Å². The highest BCUT2D eigenvalue weighted by atomic mass is 35.6. The molecule has 2 aliphatic rings. The minimum Gasteiger partial charge on any atom is -0.332 e. The molecule has 0 unspecified atom stereocenters. The zero-order chi connectivity index (χ0) is 19.9. The van der Waals surface area contributed by atoms with Gasteiger partial charge in [0.1, 0.15) is 6.17 Å². The van der Waals surface area contributed by atoms with E-state index in [9.17, 15) is 9.59 Å². The van der Waals surface area contributed by atoms with Gasteiger partial charge in [-0.1, -0.05) is 59.1 Å². The van der Waals surface area contributed by atoms with E-state index in [4.69, 9.17) is 34.8 Å². The molecule has 1 aromatic carbocycles. The minimum atomic E-state index is -1.69. The first-order valence-corrected chi connectivity index (χ1v) is 10.3. The Hall–Kier alpha value is -1.53. The maximum atomic E-state index is 12.7. The molecule has 1 amide bonds. The van der Waals surface area contributed by atoms with E-state index in [0.717, 1.165) is 12.1 Å². The first kappa shape index (κ1) is 19.8. The number of alkyl halides is 3. The predicted octanol–water partition coefficient (Wildman–Crippen LogP) is 3.39. The summed E-state index contributed by atoms with van der Waals surface area (Å²) in [5.41, 5.74) is 1.54. The Labute approximate surface area is 178 Å². The zero-order valence-electron chi connectivity index (χ0n) is 15.0. The molecular formula is C20H20Cl3N3O2. The lowest BCUT2D eigenvalue weighted by Crippen LogP contribution is -2.60. The van der Waals surface area contributed by atoms with Crippen molar-refractivity contribution in [1.29, 1.82) is 0 Å². The van der Waals surface area contributed by atoms with Crippen molar-refractivity contribution in [3.63, 3.8) is 0 Å². The SMILES string of the molecule is O=C(N[C@H](N1C[C@H]2C[C@@H](C1)c1cccc(=O)n1C2)C(Cl)(Cl)Cl)c1ccccc1. The van der Waals surface area contributed by atoms with Gasteiger partial charge >= 0.3 is 0 Å². The molecule has 0 saturated carbocycles. The Balaban J connectivity index is 1.59. The van der Waals surface area contributed by atoms with E-state index in [1.165, 1.54) is 0 Å². The largest absolute Gasteiger partial charge is 0.332 e. The Morgan fingerprint density at radius 2 is 1.79 bits per heavy atom. The smallest absolute Gasteiger partial charge is 0.252 e. The number of fused-ring (bicyclic) bond motifs is 4. The average Bonchev–Trinajstić information content (AvgIpc) is 2.66. The Morgan fingerprint density at radius 3 is 2.50 bits per heavy atom. The van der Waals surface area contributed by atoms with Crippen molar-refractivity contribution in [2.45, 2.75) is 28.8 Å². The van der Waals surface area contributed by atoms with E-state index in [1.54, 1.807) is 36.4 Å². The summed E-state index contributed by atoms with van der Waals surface area (Å²) in [7, 11) is 0. The minimum absolute atomic E-state index is 0.0240. The van der Waals surface area contributed by atoms with Crippen LogP contribution in [0.4, 0.5) is 0 Å². The number of hydrogen-bond donors (Lipinski definition) is 1. The number of piperidine rings is 1. The lowest BCUT2D eigenvalue weighted by Gasteiger charge is -2.47. The van der Waals surface area contributed by atoms with E-state index in [0.29, 0.717) is 25.2 Å². The number of carbonyl (C=O) groups is 1. The van der Waals surface area contributed by atoms with Crippen molar-refractivity contribution in [3.05, 3.63) is 70.1 Å². The molecule has 2 aliphatic heterocycles. The number of aromatic nitrogens is 1. The summed E-state index contributed by atoms with van der Waals surface area (Å²) < 4.78 is 0.162. The molecule has 0 aliphatic carbocycles. The van der Waals surface area contributed by atoms with Gasteiger partial charge in [0.2, 0.25) is 3.79 Å². The summed E-state index contributed by atoms with van der Waals surface area (Å²) in [4.78, 5) is 26.9. The normalized spacial score (nSPS) is 23.0. The maximum Gasteiger partial charge on any atom is 0.252 e. The molecule has 1 aromatic heterocycles. The average molecular weight is 441 g/mol. The van der Waals surface area contributed by atoms with Crippen molar-refractivity contribution >= 4 is 40.7 Å². The number of nitrogens with one attached hydrogen (secondary N) is 1. The van der Waals surface area contributed by atoms with Gasteiger partial charge in [-0.3, -0.25) is 14.5 Å². The van der Waals surface area contributed by atoms with Gasteiger partial charge in [-0.15, -0.1) is 0 Å². The van der Waals surface area contributed by atoms with Crippen LogP contribution in [0.1, 0.15) is 28.4 Å². The molecule has 1 saturated heterocycles. The van der Waals surface area contributed by atoms with Gasteiger partial charge in [0.25, 0.3) is 11.5 Å². The van der Waals surface area contributed by atoms with Crippen molar-refractivity contribution in [2.24, 2.45) is 5.92 Å². The van der Waals surface area contributed by atoms with Gasteiger partial charge in [0, 0.05) is 42.9 Å². The van der Waals surface area contributed by atoms with E-state index >= 15 is 0 Å². The Kier molecular flexibility index (Phi) is 5.45. The first-order valence-electron chi connectivity index (χ1n) is 9.19. The van der Waals surface area contributed by atoms with E-state index in [-0.39, 0.29) is 23.3 Å². The molecule has 28 heavy (non-hydrogen) atoms. The number of likely N-dealkylation sites (tertiary alicyclic amines) is 1. The molecule has 3 heterocycles. The predicted molar refractivity (Wildman–Crippen MR) is 111 cm³/mol. The second kappa shape index (κ2) is 7.71. The highest BCUT2D eigenvalue weighted by Gasteiger charge is 2.44. The standard InChI is InChI=1S/C20H20Cl3N3O2/c21-20(22,23)19(24-18(28)14-5-2-1-3-6-14)25-10-13-9-15(12-25)16-7-4-8-17(27)26(16)11-13/h1-8,13,15,19H,9-12H2,(H,24,28)/t13-,15+,19-/m1/s1. The van der Waals surface area contributed by atoms with Crippen LogP contribution in [0.5, 0.6) is 0 Å². The molecule has 148 valence electrons. The van der Waals surface area contributed by atoms with Crippen LogP contribution in [0.3, 0.4) is 0 Å². The molecule has 0 spiro atoms. The summed E-state index contributed by atoms with van der Waals surface area (Å²) in [6.45, 7) is 1.89. The number of rotatable bonds is 3. The molecule has 8 heteroatoms. The van der Waals surface area contributed by atoms with Crippen LogP contribution >= 0.6 is 34.8 Å². The van der Waals surface area contributed by atoms with Crippen molar-refractivity contribution in [2.75, 3.05) is 13.1 Å². The molecule has 2 aromatic rings. The third-order valence-electron chi connectivity index (χ3n) is 5.49. The number of nitrogens with zero attached hydrogens (tertiary/aromatic N) is 2. The molecule has 4 rings (SSSR count). The zero-order valence-corrected chi connectivity index (χ0v) is 17.3. The number of pyridine rings is 1. The first-order chi connectivity index (χ1) is 13.3. The summed E-state index contributed by atoms with van der Waals surface area (Å²) in [5.74, 6) is 0.129. The van der Waals surface area contributed by atoms with Gasteiger partial charge in [-0.2, -0.15) is 0 Å². The lowest BCUT2D eigenvalue weighted by atomic mass is 9.83. The number of amides is 1. The fraction of sp³-hybridized carbons (Fsp3) is 0.400. The van der Waals surface area contributed by atoms with Crippen LogP contribution in [0.2, 0.25) is 0 Å². The third-order valence-corrected chi connectivity index (χ3v) is 6.11. The molecule has 1 fully saturated rings. The lowest BCUT2D eigenvalue weighted by molar-refractivity contribution is 0.0586. The number of benzene rings is 1. The Bertz CT molecular complexity index is 926. The fourth-order valence-electron chi connectivity index (χ4n) is 4.32. The third kappa shape index (κ3) is 3.94. The van der Waals surface area contributed by atoms with Crippen molar-refractivity contribution in [3.8, 4) is 0 Å². The molecule has 5 nitrogen and oxygen atoms in total. The number of halogens is 3. The quantitative estimate of drug-likeness (QED) is 0.744. The van der Waals surface area contributed by atoms with Gasteiger partial charge < -0.3 is 9.88 Å². The van der Waals surface area contributed by atoms with Crippen molar-refractivity contribution < 1.29 is 4.79 Å². The van der Waals surface area contributed by atoms with Gasteiger partial charge in [-0.25, -0.2) is 0 Å². The summed E-state index contributed by atoms with van der Waals surface area (Å²) in [5, 5.41) is 2.89. The van der Waals surface area contributed by atoms with E-state index < -0.39 is 9.96 Å². The Morgan fingerprint density at radius 1 is 1.04 bits per heavy atom. The van der Waals surface area contributed by atoms with Crippen LogP contribution in [-0.4, -0.2) is 38.4 Å². The van der Waals surface area contributed by atoms with Crippen LogP contribution in [0.15, 0.2) is 53.3 Å². The molecule has 1 N–H and O–H groups in total. The maximum absolute atomic E-state index is 12.7. The molecule has 0 radical (unpaired) electrons. The van der Waals surface area contributed by atoms with Crippen molar-refractivity contribution in [1.82, 2.24) is 14.8 Å². The highest BCUT2D eigenvalue weighted by Crippen LogP contribution is 2.39. The number of hydrogen-bond acceptors (Lipinski definition) is 3. The monoisotopic (exact) mass is 439 g/mol. The highest BCUT2D eigenvalue weighted by molar-refractivity contribution is 6.68. The van der Waals surface area contributed by atoms with Gasteiger partial charge in [0.15, 0.2) is 0 Å². The van der Waals surface area contributed by atoms with Crippen LogP contribution in [0.25, 0.3) is 0 Å². The van der Waals surface area contributed by atoms with Crippen LogP contribution in [-0.2, 0) is 6.54 Å². The topological polar surface area (TPSA) is 54.3 Å². The molecular weight excluding hydrogens is 421 g/mol. The van der Waals surface area contributed by atoms with E-state index in [2.05, 4.69) is 5.32 Å². The summed E-state index contributed by atoms with van der Waals surface area (Å²) in [6, 6.07) is 14.2. The van der Waals surface area contributed by atoms with Gasteiger partial charge in [0.05, 0.1) is 0 Å². The molecule has 3 atom stereocenters. The van der Waals surface area contributed by atoms with Crippen LogP contribution < -0.4 is 10.9 Å². The van der Waals surface area contributed by atoms with Gasteiger partial charge in [-0.05, 0) is 30.5 Å². The number of carbonyl (C=O) groups excluding carboxylic acids is 1.